The van der Waals surface area contributed by atoms with Crippen LogP contribution in [0.3, 0.4) is 0 Å². The first kappa shape index (κ1) is 13.8. The molecule has 0 aliphatic heterocycles. The Hall–Kier alpha value is -2.20. The highest BCUT2D eigenvalue weighted by Crippen LogP contribution is 2.28. The van der Waals surface area contributed by atoms with Crippen molar-refractivity contribution in [1.82, 2.24) is 14.8 Å². The summed E-state index contributed by atoms with van der Waals surface area (Å²) in [6.45, 7) is 1.91. The molecule has 0 saturated carbocycles. The summed E-state index contributed by atoms with van der Waals surface area (Å²) >= 11 is 6.16. The van der Waals surface area contributed by atoms with Crippen molar-refractivity contribution in [3.05, 3.63) is 58.9 Å². The van der Waals surface area contributed by atoms with E-state index >= 15 is 0 Å². The minimum absolute atomic E-state index is 0.318. The summed E-state index contributed by atoms with van der Waals surface area (Å²) in [7, 11) is 1.74. The third-order valence-corrected chi connectivity index (χ3v) is 3.57. The molecular formula is C16H13ClFN3. The van der Waals surface area contributed by atoms with Gasteiger partial charge in [-0.1, -0.05) is 35.4 Å². The van der Waals surface area contributed by atoms with E-state index in [-0.39, 0.29) is 5.82 Å². The number of hydrogen-bond acceptors (Lipinski definition) is 2. The number of aromatic nitrogens is 3. The molecule has 3 rings (SSSR count). The van der Waals surface area contributed by atoms with Crippen LogP contribution in [-0.2, 0) is 7.05 Å². The van der Waals surface area contributed by atoms with Crippen molar-refractivity contribution in [2.75, 3.05) is 0 Å². The minimum atomic E-state index is -0.318. The number of aryl methyl sites for hydroxylation is 2. The number of benzene rings is 2. The molecule has 0 amide bonds. The Morgan fingerprint density at radius 3 is 2.62 bits per heavy atom. The van der Waals surface area contributed by atoms with E-state index in [1.165, 1.54) is 6.07 Å². The molecule has 21 heavy (non-hydrogen) atoms. The lowest BCUT2D eigenvalue weighted by molar-refractivity contribution is 0.627. The molecule has 2 aromatic carbocycles. The zero-order valence-electron chi connectivity index (χ0n) is 11.6. The fourth-order valence-electron chi connectivity index (χ4n) is 2.19. The first-order chi connectivity index (χ1) is 10.1. The van der Waals surface area contributed by atoms with Gasteiger partial charge in [0.25, 0.3) is 0 Å². The molecule has 0 aliphatic rings. The second-order valence-corrected chi connectivity index (χ2v) is 5.25. The van der Waals surface area contributed by atoms with E-state index in [1.807, 2.05) is 25.1 Å². The maximum absolute atomic E-state index is 14.0. The average Bonchev–Trinajstić information content (AvgIpc) is 2.84. The van der Waals surface area contributed by atoms with Gasteiger partial charge in [-0.15, -0.1) is 0 Å². The molecular weight excluding hydrogens is 289 g/mol. The molecule has 0 unspecified atom stereocenters. The van der Waals surface area contributed by atoms with Gasteiger partial charge in [0.05, 0.1) is 10.6 Å². The maximum Gasteiger partial charge on any atom is 0.183 e. The highest BCUT2D eigenvalue weighted by atomic mass is 35.5. The highest BCUT2D eigenvalue weighted by Gasteiger charge is 2.16. The predicted octanol–water partition coefficient (Wildman–Crippen LogP) is 4.25. The van der Waals surface area contributed by atoms with Crippen molar-refractivity contribution in [2.24, 2.45) is 7.05 Å². The monoisotopic (exact) mass is 301 g/mol. The van der Waals surface area contributed by atoms with Crippen LogP contribution in [-0.4, -0.2) is 14.8 Å². The van der Waals surface area contributed by atoms with Crippen LogP contribution in [0.4, 0.5) is 4.39 Å². The summed E-state index contributed by atoms with van der Waals surface area (Å²) in [4.78, 5) is 4.44. The van der Waals surface area contributed by atoms with Crippen LogP contribution in [0, 0.1) is 12.7 Å². The van der Waals surface area contributed by atoms with E-state index in [9.17, 15) is 4.39 Å². The van der Waals surface area contributed by atoms with Gasteiger partial charge in [0.15, 0.2) is 11.6 Å². The molecule has 1 aromatic heterocycles. The predicted molar refractivity (Wildman–Crippen MR) is 81.6 cm³/mol. The molecule has 1 heterocycles. The van der Waals surface area contributed by atoms with Crippen LogP contribution in [0.5, 0.6) is 0 Å². The van der Waals surface area contributed by atoms with E-state index in [4.69, 9.17) is 11.6 Å². The van der Waals surface area contributed by atoms with Crippen molar-refractivity contribution in [2.45, 2.75) is 6.92 Å². The molecule has 0 radical (unpaired) electrons. The molecule has 5 heteroatoms. The number of rotatable bonds is 2. The van der Waals surface area contributed by atoms with Crippen molar-refractivity contribution >= 4 is 11.6 Å². The van der Waals surface area contributed by atoms with E-state index < -0.39 is 0 Å². The van der Waals surface area contributed by atoms with Crippen LogP contribution in [0.25, 0.3) is 22.8 Å². The van der Waals surface area contributed by atoms with Gasteiger partial charge in [-0.05, 0) is 31.2 Å². The molecule has 3 nitrogen and oxygen atoms in total. The quantitative estimate of drug-likeness (QED) is 0.708. The van der Waals surface area contributed by atoms with Gasteiger partial charge in [-0.2, -0.15) is 5.10 Å². The number of hydrogen-bond donors (Lipinski definition) is 0. The summed E-state index contributed by atoms with van der Waals surface area (Å²) in [6, 6.07) is 12.3. The molecule has 0 N–H and O–H groups in total. The molecule has 0 aliphatic carbocycles. The van der Waals surface area contributed by atoms with E-state index in [0.717, 1.165) is 11.1 Å². The van der Waals surface area contributed by atoms with Crippen molar-refractivity contribution < 1.29 is 4.39 Å². The van der Waals surface area contributed by atoms with Gasteiger partial charge in [0, 0.05) is 12.6 Å². The van der Waals surface area contributed by atoms with Gasteiger partial charge in [0.1, 0.15) is 5.82 Å². The van der Waals surface area contributed by atoms with Crippen LogP contribution in [0.2, 0.25) is 5.02 Å². The summed E-state index contributed by atoms with van der Waals surface area (Å²) in [5.41, 5.74) is 2.13. The molecule has 0 saturated heterocycles. The van der Waals surface area contributed by atoms with Crippen molar-refractivity contribution in [1.29, 1.82) is 0 Å². The molecule has 3 aromatic rings. The normalized spacial score (nSPS) is 10.9. The van der Waals surface area contributed by atoms with Crippen molar-refractivity contribution in [3.8, 4) is 22.8 Å². The molecule has 0 spiro atoms. The zero-order valence-corrected chi connectivity index (χ0v) is 12.4. The second kappa shape index (κ2) is 5.30. The molecule has 0 fully saturated rings. The Morgan fingerprint density at radius 2 is 1.86 bits per heavy atom. The largest absolute Gasteiger partial charge is 0.248 e. The van der Waals surface area contributed by atoms with E-state index in [2.05, 4.69) is 10.1 Å². The standard InChI is InChI=1S/C16H13ClFN3/c1-10-7-8-14(18)12(9-10)16-19-15(20-21(16)2)11-5-3-4-6-13(11)17/h3-9H,1-2H3. The van der Waals surface area contributed by atoms with E-state index in [1.54, 1.807) is 29.9 Å². The van der Waals surface area contributed by atoms with Crippen LogP contribution < -0.4 is 0 Å². The summed E-state index contributed by atoms with van der Waals surface area (Å²) in [5, 5.41) is 4.91. The smallest absolute Gasteiger partial charge is 0.183 e. The SMILES string of the molecule is Cc1ccc(F)c(-c2nc(-c3ccccc3Cl)nn2C)c1. The Morgan fingerprint density at radius 1 is 1.10 bits per heavy atom. The first-order valence-electron chi connectivity index (χ1n) is 6.48. The number of halogens is 2. The lowest BCUT2D eigenvalue weighted by atomic mass is 10.1. The van der Waals surface area contributed by atoms with Crippen LogP contribution in [0.1, 0.15) is 5.56 Å². The first-order valence-corrected chi connectivity index (χ1v) is 6.86. The van der Waals surface area contributed by atoms with E-state index in [0.29, 0.717) is 22.2 Å². The fraction of sp³-hybridized carbons (Fsp3) is 0.125. The minimum Gasteiger partial charge on any atom is -0.248 e. The van der Waals surface area contributed by atoms with Crippen LogP contribution >= 0.6 is 11.6 Å². The van der Waals surface area contributed by atoms with Gasteiger partial charge in [0.2, 0.25) is 0 Å². The maximum atomic E-state index is 14.0. The van der Waals surface area contributed by atoms with Gasteiger partial charge in [-0.25, -0.2) is 14.1 Å². The molecule has 0 atom stereocenters. The zero-order chi connectivity index (χ0) is 15.0. The second-order valence-electron chi connectivity index (χ2n) is 4.85. The Labute approximate surface area is 127 Å². The highest BCUT2D eigenvalue weighted by molar-refractivity contribution is 6.33. The van der Waals surface area contributed by atoms with Gasteiger partial charge < -0.3 is 0 Å². The topological polar surface area (TPSA) is 30.7 Å². The molecule has 106 valence electrons. The Bertz CT molecular complexity index is 811. The lowest BCUT2D eigenvalue weighted by Crippen LogP contribution is -1.97. The number of nitrogens with zero attached hydrogens (tertiary/aromatic N) is 3. The Kier molecular flexibility index (Phi) is 3.47. The van der Waals surface area contributed by atoms with Crippen molar-refractivity contribution in [3.63, 3.8) is 0 Å². The summed E-state index contributed by atoms with van der Waals surface area (Å²) in [6.07, 6.45) is 0. The van der Waals surface area contributed by atoms with Crippen LogP contribution in [0.15, 0.2) is 42.5 Å². The fourth-order valence-corrected chi connectivity index (χ4v) is 2.41. The lowest BCUT2D eigenvalue weighted by Gasteiger charge is -2.03. The summed E-state index contributed by atoms with van der Waals surface area (Å²) < 4.78 is 15.6. The van der Waals surface area contributed by atoms with Gasteiger partial charge >= 0.3 is 0 Å². The Balaban J connectivity index is 2.15. The molecule has 0 bridgehead atoms. The summed E-state index contributed by atoms with van der Waals surface area (Å²) in [5.74, 6) is 0.645. The third-order valence-electron chi connectivity index (χ3n) is 3.24. The van der Waals surface area contributed by atoms with Gasteiger partial charge in [-0.3, -0.25) is 0 Å². The average molecular weight is 302 g/mol. The third kappa shape index (κ3) is 2.54.